The molecule has 4 nitrogen and oxygen atoms in total. The Morgan fingerprint density at radius 3 is 2.15 bits per heavy atom. The molecule has 0 radical (unpaired) electrons. The lowest BCUT2D eigenvalue weighted by Crippen LogP contribution is -2.51. The van der Waals surface area contributed by atoms with E-state index in [0.717, 1.165) is 48.3 Å². The summed E-state index contributed by atoms with van der Waals surface area (Å²) in [6, 6.07) is 9.91. The molecule has 0 spiro atoms. The Bertz CT molecular complexity index is 852. The van der Waals surface area contributed by atoms with Crippen LogP contribution in [0, 0.1) is 37.0 Å². The Balaban J connectivity index is 1.32. The minimum atomic E-state index is -0.261. The van der Waals surface area contributed by atoms with Crippen molar-refractivity contribution >= 4 is 5.97 Å². The number of aryl methyl sites for hydroxylation is 2. The van der Waals surface area contributed by atoms with E-state index in [1.807, 2.05) is 12.1 Å². The van der Waals surface area contributed by atoms with Gasteiger partial charge in [0.25, 0.3) is 0 Å². The number of carbonyl (C=O) groups is 1. The van der Waals surface area contributed by atoms with E-state index in [9.17, 15) is 4.79 Å². The molecule has 1 heterocycles. The third-order valence-electron chi connectivity index (χ3n) is 7.11. The normalized spacial score (nSPS) is 31.1. The molecule has 140 valence electrons. The summed E-state index contributed by atoms with van der Waals surface area (Å²) >= 11 is 0. The van der Waals surface area contributed by atoms with Gasteiger partial charge in [-0.15, -0.1) is 10.2 Å². The van der Waals surface area contributed by atoms with Crippen molar-refractivity contribution < 1.29 is 9.53 Å². The predicted octanol–water partition coefficient (Wildman–Crippen LogP) is 4.88. The van der Waals surface area contributed by atoms with E-state index in [-0.39, 0.29) is 11.4 Å². The summed E-state index contributed by atoms with van der Waals surface area (Å²) < 4.78 is 5.72. The number of carbonyl (C=O) groups excluding carboxylic acids is 1. The molecule has 4 fully saturated rings. The lowest BCUT2D eigenvalue weighted by Gasteiger charge is -2.55. The van der Waals surface area contributed by atoms with Crippen molar-refractivity contribution in [1.29, 1.82) is 0 Å². The SMILES string of the molecule is Cc1ccc(-c2ccc(OC(=O)C34CC5CC(CC(C5)C3)C4)nn2)cc1C. The summed E-state index contributed by atoms with van der Waals surface area (Å²) in [4.78, 5) is 13.0. The molecule has 0 N–H and O–H groups in total. The number of nitrogens with zero attached hydrogens (tertiary/aromatic N) is 2. The number of benzene rings is 1. The second-order valence-electron chi connectivity index (χ2n) is 9.14. The first-order valence-electron chi connectivity index (χ1n) is 10.1. The average Bonchev–Trinajstić information content (AvgIpc) is 2.63. The molecule has 2 aromatic rings. The molecular weight excluding hydrogens is 336 g/mol. The van der Waals surface area contributed by atoms with Crippen LogP contribution >= 0.6 is 0 Å². The zero-order valence-electron chi connectivity index (χ0n) is 16.1. The fourth-order valence-electron chi connectivity index (χ4n) is 5.99. The number of hydrogen-bond donors (Lipinski definition) is 0. The third kappa shape index (κ3) is 2.95. The van der Waals surface area contributed by atoms with Crippen LogP contribution in [0.1, 0.15) is 49.7 Å². The van der Waals surface area contributed by atoms with Gasteiger partial charge in [0.05, 0.1) is 11.1 Å². The fraction of sp³-hybridized carbons (Fsp3) is 0.522. The van der Waals surface area contributed by atoms with Crippen molar-refractivity contribution in [3.63, 3.8) is 0 Å². The number of hydrogen-bond acceptors (Lipinski definition) is 4. The summed E-state index contributed by atoms with van der Waals surface area (Å²) in [5.41, 5.74) is 4.06. The topological polar surface area (TPSA) is 52.1 Å². The van der Waals surface area contributed by atoms with Gasteiger partial charge in [-0.2, -0.15) is 0 Å². The monoisotopic (exact) mass is 362 g/mol. The van der Waals surface area contributed by atoms with Crippen molar-refractivity contribution in [2.75, 3.05) is 0 Å². The smallest absolute Gasteiger partial charge is 0.318 e. The Morgan fingerprint density at radius 1 is 0.926 bits per heavy atom. The molecular formula is C23H26N2O2. The molecule has 4 saturated carbocycles. The van der Waals surface area contributed by atoms with Crippen LogP contribution in [0.25, 0.3) is 11.3 Å². The highest BCUT2D eigenvalue weighted by molar-refractivity contribution is 5.79. The summed E-state index contributed by atoms with van der Waals surface area (Å²) in [6.07, 6.45) is 6.97. The zero-order chi connectivity index (χ0) is 18.6. The fourth-order valence-corrected chi connectivity index (χ4v) is 5.99. The molecule has 0 unspecified atom stereocenters. The quantitative estimate of drug-likeness (QED) is 0.730. The first kappa shape index (κ1) is 16.9. The molecule has 6 rings (SSSR count). The maximum Gasteiger partial charge on any atom is 0.318 e. The van der Waals surface area contributed by atoms with E-state index in [4.69, 9.17) is 4.74 Å². The predicted molar refractivity (Wildman–Crippen MR) is 103 cm³/mol. The van der Waals surface area contributed by atoms with Crippen molar-refractivity contribution in [2.24, 2.45) is 23.2 Å². The van der Waals surface area contributed by atoms with Gasteiger partial charge in [-0.1, -0.05) is 12.1 Å². The molecule has 0 aliphatic heterocycles. The Hall–Kier alpha value is -2.23. The molecule has 4 bridgehead atoms. The van der Waals surface area contributed by atoms with E-state index >= 15 is 0 Å². The molecule has 1 aromatic carbocycles. The standard InChI is InChI=1S/C23H26N2O2/c1-14-3-4-19(7-15(14)2)20-5-6-21(25-24-20)27-22(26)23-11-16-8-17(12-23)10-18(9-16)13-23/h3-7,16-18H,8-13H2,1-2H3. The lowest BCUT2D eigenvalue weighted by molar-refractivity contribution is -0.161. The van der Waals surface area contributed by atoms with Crippen LogP contribution in [0.4, 0.5) is 0 Å². The van der Waals surface area contributed by atoms with E-state index in [2.05, 4.69) is 36.2 Å². The number of rotatable bonds is 3. The highest BCUT2D eigenvalue weighted by atomic mass is 16.5. The van der Waals surface area contributed by atoms with Gasteiger partial charge in [-0.3, -0.25) is 4.79 Å². The van der Waals surface area contributed by atoms with Gasteiger partial charge in [-0.25, -0.2) is 0 Å². The van der Waals surface area contributed by atoms with Gasteiger partial charge in [-0.05, 0) is 93.4 Å². The zero-order valence-corrected chi connectivity index (χ0v) is 16.1. The van der Waals surface area contributed by atoms with Crippen LogP contribution in [0.3, 0.4) is 0 Å². The molecule has 4 aliphatic carbocycles. The van der Waals surface area contributed by atoms with Crippen LogP contribution < -0.4 is 4.74 Å². The van der Waals surface area contributed by atoms with Crippen molar-refractivity contribution in [1.82, 2.24) is 10.2 Å². The van der Waals surface area contributed by atoms with Gasteiger partial charge in [0.15, 0.2) is 0 Å². The number of esters is 1. The summed E-state index contributed by atoms with van der Waals surface area (Å²) in [5.74, 6) is 2.42. The Kier molecular flexibility index (Phi) is 3.85. The minimum Gasteiger partial charge on any atom is -0.405 e. The third-order valence-corrected chi connectivity index (χ3v) is 7.11. The molecule has 0 amide bonds. The summed E-state index contributed by atoms with van der Waals surface area (Å²) in [6.45, 7) is 4.19. The van der Waals surface area contributed by atoms with Gasteiger partial charge < -0.3 is 4.74 Å². The number of ether oxygens (including phenoxy) is 1. The highest BCUT2D eigenvalue weighted by Crippen LogP contribution is 2.60. The largest absolute Gasteiger partial charge is 0.405 e. The van der Waals surface area contributed by atoms with E-state index in [1.54, 1.807) is 6.07 Å². The van der Waals surface area contributed by atoms with Crippen LogP contribution in [0.15, 0.2) is 30.3 Å². The summed E-state index contributed by atoms with van der Waals surface area (Å²) in [5, 5.41) is 8.47. The molecule has 0 atom stereocenters. The average molecular weight is 362 g/mol. The molecule has 1 aromatic heterocycles. The maximum atomic E-state index is 13.0. The molecule has 0 saturated heterocycles. The Labute approximate surface area is 160 Å². The molecule has 4 aliphatic rings. The van der Waals surface area contributed by atoms with E-state index < -0.39 is 0 Å². The maximum absolute atomic E-state index is 13.0. The molecule has 27 heavy (non-hydrogen) atoms. The van der Waals surface area contributed by atoms with E-state index in [1.165, 1.54) is 30.4 Å². The van der Waals surface area contributed by atoms with Crippen LogP contribution in [0.2, 0.25) is 0 Å². The highest BCUT2D eigenvalue weighted by Gasteiger charge is 2.55. The first-order chi connectivity index (χ1) is 13.0. The van der Waals surface area contributed by atoms with Crippen LogP contribution in [-0.4, -0.2) is 16.2 Å². The second-order valence-corrected chi connectivity index (χ2v) is 9.14. The lowest BCUT2D eigenvalue weighted by atomic mass is 9.49. The van der Waals surface area contributed by atoms with Gasteiger partial charge >= 0.3 is 5.97 Å². The van der Waals surface area contributed by atoms with Crippen LogP contribution in [-0.2, 0) is 4.79 Å². The van der Waals surface area contributed by atoms with Crippen molar-refractivity contribution in [3.8, 4) is 17.1 Å². The van der Waals surface area contributed by atoms with Gasteiger partial charge in [0.1, 0.15) is 0 Å². The summed E-state index contributed by atoms with van der Waals surface area (Å²) in [7, 11) is 0. The van der Waals surface area contributed by atoms with Crippen LogP contribution in [0.5, 0.6) is 5.88 Å². The first-order valence-corrected chi connectivity index (χ1v) is 10.1. The minimum absolute atomic E-state index is 0.0742. The molecule has 4 heteroatoms. The number of aromatic nitrogens is 2. The van der Waals surface area contributed by atoms with Gasteiger partial charge in [0.2, 0.25) is 5.88 Å². The Morgan fingerprint density at radius 2 is 1.59 bits per heavy atom. The van der Waals surface area contributed by atoms with E-state index in [0.29, 0.717) is 5.88 Å². The van der Waals surface area contributed by atoms with Crippen molar-refractivity contribution in [2.45, 2.75) is 52.4 Å². The second kappa shape index (κ2) is 6.15. The van der Waals surface area contributed by atoms with Gasteiger partial charge in [0, 0.05) is 11.6 Å². The van der Waals surface area contributed by atoms with Crippen molar-refractivity contribution in [3.05, 3.63) is 41.5 Å².